The third-order valence-corrected chi connectivity index (χ3v) is 6.66. The first-order valence-electron chi connectivity index (χ1n) is 11.9. The molecule has 2 heterocycles. The van der Waals surface area contributed by atoms with Gasteiger partial charge >= 0.3 is 5.97 Å². The van der Waals surface area contributed by atoms with Crippen molar-refractivity contribution in [3.8, 4) is 11.5 Å². The number of carbonyl (C=O) groups excluding carboxylic acids is 3. The van der Waals surface area contributed by atoms with E-state index in [-0.39, 0.29) is 43.5 Å². The van der Waals surface area contributed by atoms with Gasteiger partial charge in [-0.1, -0.05) is 12.8 Å². The number of anilines is 1. The number of hydrogen-bond acceptors (Lipinski definition) is 7. The van der Waals surface area contributed by atoms with Crippen LogP contribution in [0.2, 0.25) is 0 Å². The summed E-state index contributed by atoms with van der Waals surface area (Å²) in [7, 11) is 0. The molecule has 1 aliphatic carbocycles. The summed E-state index contributed by atoms with van der Waals surface area (Å²) in [6.07, 6.45) is 4.64. The van der Waals surface area contributed by atoms with Crippen LogP contribution in [0.1, 0.15) is 45.4 Å². The van der Waals surface area contributed by atoms with Gasteiger partial charge in [0.2, 0.25) is 18.6 Å². The maximum absolute atomic E-state index is 13.4. The van der Waals surface area contributed by atoms with Gasteiger partial charge < -0.3 is 24.4 Å². The fourth-order valence-electron chi connectivity index (χ4n) is 4.99. The molecule has 1 aromatic carbocycles. The lowest BCUT2D eigenvalue weighted by Gasteiger charge is -2.40. The van der Waals surface area contributed by atoms with Crippen LogP contribution >= 0.6 is 0 Å². The first-order valence-corrected chi connectivity index (χ1v) is 11.9. The molecule has 0 radical (unpaired) electrons. The zero-order valence-corrected chi connectivity index (χ0v) is 19.2. The van der Waals surface area contributed by atoms with Crippen molar-refractivity contribution < 1.29 is 28.6 Å². The van der Waals surface area contributed by atoms with Crippen LogP contribution in [0.4, 0.5) is 5.69 Å². The summed E-state index contributed by atoms with van der Waals surface area (Å²) in [5.41, 5.74) is 0.694. The van der Waals surface area contributed by atoms with Crippen LogP contribution in [0.5, 0.6) is 11.5 Å². The van der Waals surface area contributed by atoms with Crippen molar-refractivity contribution in [1.29, 1.82) is 0 Å². The quantitative estimate of drug-likeness (QED) is 0.596. The molecule has 1 saturated heterocycles. The molecule has 9 nitrogen and oxygen atoms in total. The van der Waals surface area contributed by atoms with E-state index in [2.05, 4.69) is 10.2 Å². The second-order valence-electron chi connectivity index (χ2n) is 8.77. The largest absolute Gasteiger partial charge is 0.466 e. The van der Waals surface area contributed by atoms with Crippen molar-refractivity contribution in [2.75, 3.05) is 44.9 Å². The van der Waals surface area contributed by atoms with E-state index < -0.39 is 0 Å². The van der Waals surface area contributed by atoms with Crippen LogP contribution in [0, 0.1) is 5.92 Å². The van der Waals surface area contributed by atoms with Gasteiger partial charge in [-0.3, -0.25) is 19.3 Å². The van der Waals surface area contributed by atoms with Crippen molar-refractivity contribution >= 4 is 23.5 Å². The molecule has 2 fully saturated rings. The molecule has 3 aliphatic rings. The Kier molecular flexibility index (Phi) is 7.69. The molecule has 33 heavy (non-hydrogen) atoms. The molecule has 9 heteroatoms. The van der Waals surface area contributed by atoms with E-state index in [4.69, 9.17) is 14.2 Å². The summed E-state index contributed by atoms with van der Waals surface area (Å²) in [5, 5.41) is 3.08. The second-order valence-corrected chi connectivity index (χ2v) is 8.77. The fraction of sp³-hybridized carbons (Fsp3) is 0.625. The molecule has 0 aromatic heterocycles. The van der Waals surface area contributed by atoms with Crippen LogP contribution < -0.4 is 14.8 Å². The average molecular weight is 460 g/mol. The monoisotopic (exact) mass is 459 g/mol. The predicted octanol–water partition coefficient (Wildman–Crippen LogP) is 2.40. The van der Waals surface area contributed by atoms with E-state index in [9.17, 15) is 14.4 Å². The number of piperazine rings is 1. The average Bonchev–Trinajstić information content (AvgIpc) is 3.50. The predicted molar refractivity (Wildman–Crippen MR) is 121 cm³/mol. The van der Waals surface area contributed by atoms with Gasteiger partial charge in [0.25, 0.3) is 0 Å². The molecule has 1 aromatic rings. The second kappa shape index (κ2) is 10.9. The van der Waals surface area contributed by atoms with Crippen LogP contribution in [-0.4, -0.2) is 73.2 Å². The Morgan fingerprint density at radius 2 is 1.79 bits per heavy atom. The SMILES string of the molecule is CCOC(=O)CCC(=O)N1CCN([C@H](C(=O)Nc2ccc3c(c2)OCO3)C2CCCC2)CC1. The Labute approximate surface area is 194 Å². The molecule has 1 N–H and O–H groups in total. The number of ether oxygens (including phenoxy) is 3. The molecule has 0 unspecified atom stereocenters. The molecule has 4 rings (SSSR count). The maximum atomic E-state index is 13.4. The highest BCUT2D eigenvalue weighted by Gasteiger charge is 2.37. The standard InChI is InChI=1S/C24H33N3O6/c1-2-31-22(29)10-9-21(28)26-11-13-27(14-12-26)23(17-5-3-4-6-17)24(30)25-18-7-8-19-20(15-18)33-16-32-19/h7-8,15,17,23H,2-6,9-14,16H2,1H3,(H,25,30)/t23-/m0/s1. The van der Waals surface area contributed by atoms with E-state index in [1.54, 1.807) is 17.9 Å². The summed E-state index contributed by atoms with van der Waals surface area (Å²) in [4.78, 5) is 41.5. The summed E-state index contributed by atoms with van der Waals surface area (Å²) >= 11 is 0. The molecule has 0 bridgehead atoms. The Balaban J connectivity index is 1.35. The molecule has 2 aliphatic heterocycles. The highest BCUT2D eigenvalue weighted by molar-refractivity contribution is 5.95. The number of esters is 1. The molecular weight excluding hydrogens is 426 g/mol. The molecule has 1 saturated carbocycles. The number of rotatable bonds is 8. The molecule has 0 spiro atoms. The van der Waals surface area contributed by atoms with Gasteiger partial charge in [-0.2, -0.15) is 0 Å². The molecule has 180 valence electrons. The highest BCUT2D eigenvalue weighted by atomic mass is 16.7. The number of benzene rings is 1. The topological polar surface area (TPSA) is 97.4 Å². The van der Waals surface area contributed by atoms with Gasteiger partial charge in [-0.25, -0.2) is 0 Å². The lowest BCUT2D eigenvalue weighted by atomic mass is 9.94. The van der Waals surface area contributed by atoms with Crippen LogP contribution in [-0.2, 0) is 19.1 Å². The Hall–Kier alpha value is -2.81. The Morgan fingerprint density at radius 1 is 1.06 bits per heavy atom. The number of hydrogen-bond donors (Lipinski definition) is 1. The third-order valence-electron chi connectivity index (χ3n) is 6.66. The van der Waals surface area contributed by atoms with E-state index in [0.29, 0.717) is 55.9 Å². The van der Waals surface area contributed by atoms with Gasteiger partial charge in [-0.05, 0) is 37.8 Å². The zero-order chi connectivity index (χ0) is 23.2. The highest BCUT2D eigenvalue weighted by Crippen LogP contribution is 2.35. The van der Waals surface area contributed by atoms with Gasteiger partial charge in [0.05, 0.1) is 19.1 Å². The first-order chi connectivity index (χ1) is 16.0. The van der Waals surface area contributed by atoms with E-state index >= 15 is 0 Å². The number of nitrogens with zero attached hydrogens (tertiary/aromatic N) is 2. The Bertz CT molecular complexity index is 862. The van der Waals surface area contributed by atoms with Gasteiger partial charge in [0.1, 0.15) is 0 Å². The number of nitrogens with one attached hydrogen (secondary N) is 1. The summed E-state index contributed by atoms with van der Waals surface area (Å²) in [6, 6.07) is 5.21. The number of carbonyl (C=O) groups is 3. The van der Waals surface area contributed by atoms with E-state index in [0.717, 1.165) is 25.7 Å². The summed E-state index contributed by atoms with van der Waals surface area (Å²) in [5.74, 6) is 1.24. The van der Waals surface area contributed by atoms with Crippen LogP contribution in [0.25, 0.3) is 0 Å². The summed E-state index contributed by atoms with van der Waals surface area (Å²) in [6.45, 7) is 4.66. The number of fused-ring (bicyclic) bond motifs is 1. The third kappa shape index (κ3) is 5.76. The number of amides is 2. The van der Waals surface area contributed by atoms with Gasteiger partial charge in [-0.15, -0.1) is 0 Å². The molecular formula is C24H33N3O6. The lowest BCUT2D eigenvalue weighted by molar-refractivity contribution is -0.146. The van der Waals surface area contributed by atoms with Gasteiger partial charge in [0, 0.05) is 44.4 Å². The molecule has 2 amide bonds. The maximum Gasteiger partial charge on any atom is 0.306 e. The molecule has 1 atom stereocenters. The van der Waals surface area contributed by atoms with Crippen molar-refractivity contribution in [2.45, 2.75) is 51.5 Å². The summed E-state index contributed by atoms with van der Waals surface area (Å²) < 4.78 is 15.7. The Morgan fingerprint density at radius 3 is 2.52 bits per heavy atom. The minimum absolute atomic E-state index is 0.0112. The lowest BCUT2D eigenvalue weighted by Crippen LogP contribution is -2.56. The first kappa shape index (κ1) is 23.4. The van der Waals surface area contributed by atoms with Gasteiger partial charge in [0.15, 0.2) is 11.5 Å². The van der Waals surface area contributed by atoms with Crippen LogP contribution in [0.3, 0.4) is 0 Å². The smallest absolute Gasteiger partial charge is 0.306 e. The normalized spacial score (nSPS) is 19.4. The van der Waals surface area contributed by atoms with Crippen LogP contribution in [0.15, 0.2) is 18.2 Å². The minimum Gasteiger partial charge on any atom is -0.466 e. The van der Waals surface area contributed by atoms with E-state index in [1.165, 1.54) is 0 Å². The van der Waals surface area contributed by atoms with Crippen molar-refractivity contribution in [3.63, 3.8) is 0 Å². The van der Waals surface area contributed by atoms with E-state index in [1.807, 2.05) is 12.1 Å². The zero-order valence-electron chi connectivity index (χ0n) is 19.2. The van der Waals surface area contributed by atoms with Crippen molar-refractivity contribution in [3.05, 3.63) is 18.2 Å². The minimum atomic E-state index is -0.342. The fourth-order valence-corrected chi connectivity index (χ4v) is 4.99. The van der Waals surface area contributed by atoms with Crippen molar-refractivity contribution in [2.24, 2.45) is 5.92 Å². The van der Waals surface area contributed by atoms with Crippen molar-refractivity contribution in [1.82, 2.24) is 9.80 Å².